The maximum absolute atomic E-state index is 6.20. The van der Waals surface area contributed by atoms with Gasteiger partial charge >= 0.3 is 0 Å². The molecule has 0 radical (unpaired) electrons. The number of benzene rings is 7. The molecule has 8 aromatic rings. The van der Waals surface area contributed by atoms with Crippen LogP contribution in [-0.2, 0) is 0 Å². The van der Waals surface area contributed by atoms with Gasteiger partial charge in [-0.25, -0.2) is 0 Å². The van der Waals surface area contributed by atoms with Crippen LogP contribution in [0.15, 0.2) is 162 Å². The van der Waals surface area contributed by atoms with Crippen LogP contribution in [0.5, 0.6) is 0 Å². The van der Waals surface area contributed by atoms with E-state index in [-0.39, 0.29) is 0 Å². The van der Waals surface area contributed by atoms with Gasteiger partial charge in [0.1, 0.15) is 11.2 Å². The topological polar surface area (TPSA) is 25.2 Å². The Hall–Kier alpha value is -5.60. The number of rotatable bonds is 5. The van der Waals surface area contributed by atoms with Gasteiger partial charge in [0.05, 0.1) is 0 Å². The summed E-state index contributed by atoms with van der Waals surface area (Å²) in [5, 5.41) is 8.41. The third-order valence-corrected chi connectivity index (χ3v) is 8.10. The van der Waals surface area contributed by atoms with Crippen molar-refractivity contribution in [2.45, 2.75) is 0 Å². The van der Waals surface area contributed by atoms with Gasteiger partial charge < -0.3 is 9.73 Å². The number of fused-ring (bicyclic) bond motifs is 4. The Labute approximate surface area is 244 Å². The normalized spacial score (nSPS) is 11.3. The van der Waals surface area contributed by atoms with Crippen molar-refractivity contribution in [1.29, 1.82) is 0 Å². The lowest BCUT2D eigenvalue weighted by Gasteiger charge is -2.15. The molecule has 0 fully saturated rings. The molecule has 0 aliphatic rings. The predicted molar refractivity (Wildman–Crippen MR) is 177 cm³/mol. The van der Waals surface area contributed by atoms with Crippen LogP contribution in [-0.4, -0.2) is 0 Å². The smallest absolute Gasteiger partial charge is 0.136 e. The summed E-state index contributed by atoms with van der Waals surface area (Å²) in [5.41, 5.74) is 11.2. The standard InChI is InChI=1S/C40H27NO/c1-2-11-27(12-3-1)31-13-6-8-18-37(31)41-29-23-21-28(22-24-29)30-25-26-34(33-15-5-4-14-32(30)33)35-17-10-20-39-40(35)36-16-7-9-19-38(36)42-39/h1-26,41H. The lowest BCUT2D eigenvalue weighted by molar-refractivity contribution is 0.669. The molecule has 0 spiro atoms. The summed E-state index contributed by atoms with van der Waals surface area (Å²) in [6, 6.07) is 55.6. The van der Waals surface area contributed by atoms with Crippen LogP contribution in [0.1, 0.15) is 0 Å². The van der Waals surface area contributed by atoms with Gasteiger partial charge in [-0.15, -0.1) is 0 Å². The third kappa shape index (κ3) is 4.13. The quantitative estimate of drug-likeness (QED) is 0.236. The first kappa shape index (κ1) is 24.2. The average molecular weight is 538 g/mol. The van der Waals surface area contributed by atoms with Crippen molar-refractivity contribution in [3.05, 3.63) is 158 Å². The SMILES string of the molecule is c1ccc(-c2ccccc2Nc2ccc(-c3ccc(-c4cccc5oc6ccccc6c45)c4ccccc34)cc2)cc1. The Bertz CT molecular complexity index is 2210. The van der Waals surface area contributed by atoms with Gasteiger partial charge in [0.2, 0.25) is 0 Å². The van der Waals surface area contributed by atoms with Gasteiger partial charge in [-0.3, -0.25) is 0 Å². The molecule has 1 aromatic heterocycles. The fourth-order valence-electron chi connectivity index (χ4n) is 6.13. The van der Waals surface area contributed by atoms with Crippen LogP contribution < -0.4 is 5.32 Å². The van der Waals surface area contributed by atoms with Crippen molar-refractivity contribution in [2.75, 3.05) is 5.32 Å². The van der Waals surface area contributed by atoms with Crippen LogP contribution in [0.3, 0.4) is 0 Å². The summed E-state index contributed by atoms with van der Waals surface area (Å²) in [6.45, 7) is 0. The van der Waals surface area contributed by atoms with E-state index in [0.29, 0.717) is 0 Å². The number of anilines is 2. The van der Waals surface area contributed by atoms with Crippen LogP contribution >= 0.6 is 0 Å². The van der Waals surface area contributed by atoms with E-state index in [9.17, 15) is 0 Å². The van der Waals surface area contributed by atoms with E-state index < -0.39 is 0 Å². The fraction of sp³-hybridized carbons (Fsp3) is 0. The minimum Gasteiger partial charge on any atom is -0.456 e. The van der Waals surface area contributed by atoms with E-state index in [1.165, 1.54) is 44.2 Å². The molecular weight excluding hydrogens is 510 g/mol. The van der Waals surface area contributed by atoms with Crippen LogP contribution in [0.4, 0.5) is 11.4 Å². The van der Waals surface area contributed by atoms with Gasteiger partial charge in [0.15, 0.2) is 0 Å². The molecule has 2 heteroatoms. The van der Waals surface area contributed by atoms with E-state index in [1.807, 2.05) is 18.2 Å². The van der Waals surface area contributed by atoms with Crippen molar-refractivity contribution in [3.8, 4) is 33.4 Å². The highest BCUT2D eigenvalue weighted by molar-refractivity contribution is 6.16. The highest BCUT2D eigenvalue weighted by Crippen LogP contribution is 2.41. The Morgan fingerprint density at radius 1 is 0.357 bits per heavy atom. The summed E-state index contributed by atoms with van der Waals surface area (Å²) in [5.74, 6) is 0. The molecule has 0 bridgehead atoms. The molecule has 2 nitrogen and oxygen atoms in total. The second kappa shape index (κ2) is 10.1. The highest BCUT2D eigenvalue weighted by atomic mass is 16.3. The molecule has 0 aliphatic heterocycles. The van der Waals surface area contributed by atoms with Gasteiger partial charge in [-0.1, -0.05) is 127 Å². The molecule has 7 aromatic carbocycles. The van der Waals surface area contributed by atoms with Crippen molar-refractivity contribution in [3.63, 3.8) is 0 Å². The molecule has 8 rings (SSSR count). The average Bonchev–Trinajstić information content (AvgIpc) is 3.45. The molecule has 0 saturated heterocycles. The van der Waals surface area contributed by atoms with E-state index in [4.69, 9.17) is 4.42 Å². The number of hydrogen-bond acceptors (Lipinski definition) is 2. The maximum Gasteiger partial charge on any atom is 0.136 e. The molecule has 0 amide bonds. The fourth-order valence-corrected chi connectivity index (χ4v) is 6.13. The zero-order valence-electron chi connectivity index (χ0n) is 22.9. The molecule has 1 heterocycles. The second-order valence-electron chi connectivity index (χ2n) is 10.6. The van der Waals surface area contributed by atoms with Gasteiger partial charge in [-0.05, 0) is 68.9 Å². The minimum atomic E-state index is 0.916. The van der Waals surface area contributed by atoms with Crippen molar-refractivity contribution >= 4 is 44.1 Å². The molecule has 0 unspecified atom stereocenters. The van der Waals surface area contributed by atoms with Crippen LogP contribution in [0, 0.1) is 0 Å². The summed E-state index contributed by atoms with van der Waals surface area (Å²) in [7, 11) is 0. The number of nitrogens with one attached hydrogen (secondary N) is 1. The zero-order chi connectivity index (χ0) is 27.9. The molecule has 0 atom stereocenters. The van der Waals surface area contributed by atoms with Crippen molar-refractivity contribution in [2.24, 2.45) is 0 Å². The van der Waals surface area contributed by atoms with Gasteiger partial charge in [-0.2, -0.15) is 0 Å². The molecule has 42 heavy (non-hydrogen) atoms. The predicted octanol–water partition coefficient (Wildman–Crippen LogP) is 11.5. The molecule has 0 aliphatic carbocycles. The largest absolute Gasteiger partial charge is 0.456 e. The first-order chi connectivity index (χ1) is 20.8. The first-order valence-corrected chi connectivity index (χ1v) is 14.3. The number of furan rings is 1. The summed E-state index contributed by atoms with van der Waals surface area (Å²) < 4.78 is 6.20. The van der Waals surface area contributed by atoms with E-state index in [1.54, 1.807) is 0 Å². The van der Waals surface area contributed by atoms with E-state index >= 15 is 0 Å². The summed E-state index contributed by atoms with van der Waals surface area (Å²) in [6.07, 6.45) is 0. The van der Waals surface area contributed by atoms with Gasteiger partial charge in [0.25, 0.3) is 0 Å². The maximum atomic E-state index is 6.20. The lowest BCUT2D eigenvalue weighted by atomic mass is 9.90. The third-order valence-electron chi connectivity index (χ3n) is 8.10. The van der Waals surface area contributed by atoms with E-state index in [0.717, 1.165) is 33.3 Å². The second-order valence-corrected chi connectivity index (χ2v) is 10.6. The van der Waals surface area contributed by atoms with Crippen molar-refractivity contribution < 1.29 is 4.42 Å². The summed E-state index contributed by atoms with van der Waals surface area (Å²) >= 11 is 0. The highest BCUT2D eigenvalue weighted by Gasteiger charge is 2.15. The Balaban J connectivity index is 1.18. The molecule has 198 valence electrons. The van der Waals surface area contributed by atoms with Crippen molar-refractivity contribution in [1.82, 2.24) is 0 Å². The summed E-state index contributed by atoms with van der Waals surface area (Å²) in [4.78, 5) is 0. The zero-order valence-corrected chi connectivity index (χ0v) is 22.9. The number of hydrogen-bond donors (Lipinski definition) is 1. The molecular formula is C40H27NO. The Morgan fingerprint density at radius 2 is 0.952 bits per heavy atom. The minimum absolute atomic E-state index is 0.916. The van der Waals surface area contributed by atoms with E-state index in [2.05, 4.69) is 145 Å². The molecule has 1 N–H and O–H groups in total. The molecule has 0 saturated carbocycles. The van der Waals surface area contributed by atoms with Crippen LogP contribution in [0.2, 0.25) is 0 Å². The Kier molecular flexibility index (Phi) is 5.82. The van der Waals surface area contributed by atoms with Crippen LogP contribution in [0.25, 0.3) is 66.1 Å². The Morgan fingerprint density at radius 3 is 1.79 bits per heavy atom. The lowest BCUT2D eigenvalue weighted by Crippen LogP contribution is -1.93. The van der Waals surface area contributed by atoms with Gasteiger partial charge in [0, 0.05) is 27.7 Å². The monoisotopic (exact) mass is 537 g/mol. The number of para-hydroxylation sites is 2. The first-order valence-electron chi connectivity index (χ1n) is 14.3.